The Morgan fingerprint density at radius 3 is 2.24 bits per heavy atom. The Morgan fingerprint density at radius 2 is 1.88 bits per heavy atom. The van der Waals surface area contributed by atoms with Gasteiger partial charge in [0.1, 0.15) is 6.61 Å². The third-order valence-electron chi connectivity index (χ3n) is 2.96. The Balaban J connectivity index is 4.70. The Morgan fingerprint density at radius 1 is 1.29 bits per heavy atom. The normalized spacial score (nSPS) is 12.3. The molecular formula is C15H22O2. The molecule has 1 unspecified atom stereocenters. The second-order valence-corrected chi connectivity index (χ2v) is 4.06. The zero-order chi connectivity index (χ0) is 13.3. The van der Waals surface area contributed by atoms with E-state index >= 15 is 0 Å². The van der Waals surface area contributed by atoms with E-state index in [1.165, 1.54) is 0 Å². The summed E-state index contributed by atoms with van der Waals surface area (Å²) < 4.78 is 5.09. The molecule has 0 radical (unpaired) electrons. The van der Waals surface area contributed by atoms with Crippen molar-refractivity contribution in [3.63, 3.8) is 0 Å². The van der Waals surface area contributed by atoms with Gasteiger partial charge in [0.05, 0.1) is 0 Å². The lowest BCUT2D eigenvalue weighted by molar-refractivity contribution is -0.139. The summed E-state index contributed by atoms with van der Waals surface area (Å²) >= 11 is 0. The van der Waals surface area contributed by atoms with Crippen LogP contribution in [0.5, 0.6) is 0 Å². The van der Waals surface area contributed by atoms with Crippen molar-refractivity contribution in [3.05, 3.63) is 50.6 Å². The van der Waals surface area contributed by atoms with Gasteiger partial charge in [-0.2, -0.15) is 0 Å². The van der Waals surface area contributed by atoms with Gasteiger partial charge in [0.25, 0.3) is 0 Å². The maximum atomic E-state index is 11.1. The zero-order valence-electron chi connectivity index (χ0n) is 10.7. The molecule has 0 aromatic heterocycles. The third kappa shape index (κ3) is 4.85. The molecule has 1 atom stereocenters. The molecule has 0 amide bonds. The largest absolute Gasteiger partial charge is 0.461 e. The van der Waals surface area contributed by atoms with Gasteiger partial charge in [-0.3, -0.25) is 0 Å². The highest BCUT2D eigenvalue weighted by Gasteiger charge is 2.27. The molecule has 17 heavy (non-hydrogen) atoms. The quantitative estimate of drug-likeness (QED) is 0.345. The van der Waals surface area contributed by atoms with E-state index in [9.17, 15) is 4.79 Å². The van der Waals surface area contributed by atoms with Crippen LogP contribution in [0.25, 0.3) is 0 Å². The van der Waals surface area contributed by atoms with Crippen molar-refractivity contribution in [1.82, 2.24) is 0 Å². The van der Waals surface area contributed by atoms with Crippen LogP contribution in [0.15, 0.2) is 50.6 Å². The zero-order valence-corrected chi connectivity index (χ0v) is 10.7. The summed E-state index contributed by atoms with van der Waals surface area (Å²) in [6.45, 7) is 17.1. The lowest BCUT2D eigenvalue weighted by Crippen LogP contribution is -2.26. The number of rotatable bonds is 9. The van der Waals surface area contributed by atoms with E-state index in [-0.39, 0.29) is 6.61 Å². The van der Waals surface area contributed by atoms with Crippen molar-refractivity contribution in [3.8, 4) is 0 Å². The number of hydrogen-bond acceptors (Lipinski definition) is 2. The van der Waals surface area contributed by atoms with Crippen LogP contribution in [0, 0.1) is 11.3 Å². The van der Waals surface area contributed by atoms with Crippen molar-refractivity contribution < 1.29 is 9.53 Å². The molecule has 0 aromatic rings. The van der Waals surface area contributed by atoms with Gasteiger partial charge in [-0.1, -0.05) is 31.7 Å². The summed E-state index contributed by atoms with van der Waals surface area (Å²) in [6, 6.07) is 0. The van der Waals surface area contributed by atoms with Crippen LogP contribution in [-0.4, -0.2) is 12.6 Å². The number of carbonyl (C=O) groups is 1. The summed E-state index contributed by atoms with van der Waals surface area (Å²) in [4.78, 5) is 11.1. The minimum atomic E-state index is -0.426. The van der Waals surface area contributed by atoms with Gasteiger partial charge in [-0.25, -0.2) is 4.79 Å². The molecule has 2 nitrogen and oxygen atoms in total. The van der Waals surface area contributed by atoms with E-state index in [2.05, 4.69) is 33.2 Å². The highest BCUT2D eigenvalue weighted by molar-refractivity contribution is 5.81. The van der Waals surface area contributed by atoms with Crippen LogP contribution < -0.4 is 0 Å². The molecule has 0 aliphatic heterocycles. The lowest BCUT2D eigenvalue weighted by atomic mass is 9.79. The summed E-state index contributed by atoms with van der Waals surface area (Å²) in [5.74, 6) is -0.0711. The van der Waals surface area contributed by atoms with Crippen molar-refractivity contribution in [2.45, 2.75) is 19.8 Å². The number of ether oxygens (including phenoxy) is 1. The molecule has 0 heterocycles. The second-order valence-electron chi connectivity index (χ2n) is 4.06. The third-order valence-corrected chi connectivity index (χ3v) is 2.96. The van der Waals surface area contributed by atoms with Crippen LogP contribution in [0.2, 0.25) is 0 Å². The lowest BCUT2D eigenvalue weighted by Gasteiger charge is -2.29. The fraction of sp³-hybridized carbons (Fsp3) is 0.400. The van der Waals surface area contributed by atoms with E-state index < -0.39 is 11.4 Å². The molecule has 0 fully saturated rings. The molecule has 0 aliphatic rings. The van der Waals surface area contributed by atoms with E-state index in [1.54, 1.807) is 12.2 Å². The molecule has 0 saturated heterocycles. The molecule has 2 heteroatoms. The van der Waals surface area contributed by atoms with Gasteiger partial charge in [-0.05, 0) is 18.8 Å². The predicted octanol–water partition coefficient (Wildman–Crippen LogP) is 3.68. The number of allylic oxidation sites excluding steroid dienone is 1. The fourth-order valence-corrected chi connectivity index (χ4v) is 1.57. The van der Waals surface area contributed by atoms with Gasteiger partial charge in [0.15, 0.2) is 0 Å². The molecular weight excluding hydrogens is 212 g/mol. The first-order valence-corrected chi connectivity index (χ1v) is 5.76. The highest BCUT2D eigenvalue weighted by Crippen LogP contribution is 2.31. The van der Waals surface area contributed by atoms with Gasteiger partial charge in [0, 0.05) is 11.5 Å². The topological polar surface area (TPSA) is 26.3 Å². The van der Waals surface area contributed by atoms with E-state index in [4.69, 9.17) is 4.74 Å². The molecule has 0 spiro atoms. The first-order valence-electron chi connectivity index (χ1n) is 5.76. The molecule has 0 N–H and O–H groups in total. The molecule has 0 aromatic carbocycles. The Labute approximate surface area is 104 Å². The summed E-state index contributed by atoms with van der Waals surface area (Å²) in [7, 11) is 0. The van der Waals surface area contributed by atoms with Gasteiger partial charge < -0.3 is 4.74 Å². The molecule has 0 aliphatic carbocycles. The summed E-state index contributed by atoms with van der Waals surface area (Å²) in [5.41, 5.74) is -0.395. The maximum Gasteiger partial charge on any atom is 0.330 e. The van der Waals surface area contributed by atoms with Crippen LogP contribution in [0.4, 0.5) is 0 Å². The monoisotopic (exact) mass is 234 g/mol. The minimum Gasteiger partial charge on any atom is -0.461 e. The van der Waals surface area contributed by atoms with Crippen molar-refractivity contribution in [2.24, 2.45) is 11.3 Å². The number of hydrogen-bond donors (Lipinski definition) is 0. The smallest absolute Gasteiger partial charge is 0.330 e. The van der Waals surface area contributed by atoms with Crippen LogP contribution in [-0.2, 0) is 9.53 Å². The molecule has 0 saturated carbocycles. The Kier molecular flexibility index (Phi) is 6.95. The van der Waals surface area contributed by atoms with Crippen LogP contribution in [0.3, 0.4) is 0 Å². The average Bonchev–Trinajstić information content (AvgIpc) is 2.39. The Bertz CT molecular complexity index is 294. The van der Waals surface area contributed by atoms with E-state index in [0.717, 1.165) is 18.9 Å². The van der Waals surface area contributed by atoms with Gasteiger partial charge >= 0.3 is 5.97 Å². The average molecular weight is 234 g/mol. The van der Waals surface area contributed by atoms with E-state index in [1.807, 2.05) is 6.08 Å². The SMILES string of the molecule is C=CC(=O)OCC(C=C)(C=C)CC(C=C)CC. The first kappa shape index (κ1) is 15.4. The van der Waals surface area contributed by atoms with Crippen LogP contribution in [0.1, 0.15) is 19.8 Å². The highest BCUT2D eigenvalue weighted by atomic mass is 16.5. The van der Waals surface area contributed by atoms with E-state index in [0.29, 0.717) is 5.92 Å². The summed E-state index contributed by atoms with van der Waals surface area (Å²) in [6.07, 6.45) is 8.41. The Hall–Kier alpha value is -1.57. The fourth-order valence-electron chi connectivity index (χ4n) is 1.57. The van der Waals surface area contributed by atoms with Crippen molar-refractivity contribution in [1.29, 1.82) is 0 Å². The molecule has 0 rings (SSSR count). The molecule has 0 bridgehead atoms. The van der Waals surface area contributed by atoms with Crippen molar-refractivity contribution >= 4 is 5.97 Å². The number of carbonyl (C=O) groups excluding carboxylic acids is 1. The first-order chi connectivity index (χ1) is 8.07. The second kappa shape index (κ2) is 7.66. The molecule has 94 valence electrons. The van der Waals surface area contributed by atoms with Crippen LogP contribution >= 0.6 is 0 Å². The van der Waals surface area contributed by atoms with Gasteiger partial charge in [0.2, 0.25) is 0 Å². The minimum absolute atomic E-state index is 0.245. The van der Waals surface area contributed by atoms with Gasteiger partial charge in [-0.15, -0.1) is 19.7 Å². The number of esters is 1. The summed E-state index contributed by atoms with van der Waals surface area (Å²) in [5, 5.41) is 0. The predicted molar refractivity (Wildman–Crippen MR) is 72.6 cm³/mol. The standard InChI is InChI=1S/C15H22O2/c1-6-13(7-2)11-15(9-4,10-5)12-17-14(16)8-3/h6,8-10,13H,1,3-5,7,11-12H2,2H3. The van der Waals surface area contributed by atoms with Crippen molar-refractivity contribution in [2.75, 3.05) is 6.61 Å². The maximum absolute atomic E-state index is 11.1.